The highest BCUT2D eigenvalue weighted by molar-refractivity contribution is 5.75. The van der Waals surface area contributed by atoms with E-state index in [1.165, 1.54) is 0 Å². The Labute approximate surface area is 102 Å². The fourth-order valence-corrected chi connectivity index (χ4v) is 1.56. The van der Waals surface area contributed by atoms with Gasteiger partial charge in [0, 0.05) is 31.9 Å². The van der Waals surface area contributed by atoms with Crippen molar-refractivity contribution in [2.75, 3.05) is 13.6 Å². The minimum absolute atomic E-state index is 0.000139. The van der Waals surface area contributed by atoms with E-state index in [9.17, 15) is 4.79 Å². The van der Waals surface area contributed by atoms with E-state index in [2.05, 4.69) is 4.98 Å². The predicted octanol–water partition coefficient (Wildman–Crippen LogP) is 1.38. The van der Waals surface area contributed by atoms with Gasteiger partial charge in [-0.05, 0) is 0 Å². The quantitative estimate of drug-likeness (QED) is 0.773. The van der Waals surface area contributed by atoms with Crippen LogP contribution < -0.4 is 0 Å². The van der Waals surface area contributed by atoms with Gasteiger partial charge in [0.2, 0.25) is 5.91 Å². The number of likely N-dealkylation sites (N-methyl/N-ethyl adjacent to an activating group) is 1. The molecule has 1 rings (SSSR count). The maximum absolute atomic E-state index is 11.9. The van der Waals surface area contributed by atoms with Crippen molar-refractivity contribution in [3.8, 4) is 6.07 Å². The van der Waals surface area contributed by atoms with Gasteiger partial charge < -0.3 is 9.47 Å². The number of hydrogen-bond acceptors (Lipinski definition) is 3. The van der Waals surface area contributed by atoms with Gasteiger partial charge in [-0.2, -0.15) is 5.26 Å². The second-order valence-electron chi connectivity index (χ2n) is 4.29. The van der Waals surface area contributed by atoms with Crippen molar-refractivity contribution in [2.45, 2.75) is 32.7 Å². The van der Waals surface area contributed by atoms with E-state index in [0.29, 0.717) is 18.9 Å². The molecule has 0 radical (unpaired) electrons. The summed E-state index contributed by atoms with van der Waals surface area (Å²) in [6, 6.07) is 2.03. The van der Waals surface area contributed by atoms with Crippen LogP contribution in [0.25, 0.3) is 0 Å². The van der Waals surface area contributed by atoms with Gasteiger partial charge in [-0.25, -0.2) is 4.98 Å². The van der Waals surface area contributed by atoms with Crippen LogP contribution in [-0.4, -0.2) is 34.0 Å². The molecular weight excluding hydrogens is 216 g/mol. The van der Waals surface area contributed by atoms with E-state index < -0.39 is 0 Å². The summed E-state index contributed by atoms with van der Waals surface area (Å²) in [4.78, 5) is 17.7. The Bertz CT molecular complexity index is 416. The fourth-order valence-electron chi connectivity index (χ4n) is 1.56. The monoisotopic (exact) mass is 234 g/mol. The number of rotatable bonds is 5. The summed E-state index contributed by atoms with van der Waals surface area (Å²) >= 11 is 0. The summed E-state index contributed by atoms with van der Waals surface area (Å²) in [6.45, 7) is 4.85. The summed E-state index contributed by atoms with van der Waals surface area (Å²) in [7, 11) is 1.71. The first-order chi connectivity index (χ1) is 8.06. The highest BCUT2D eigenvalue weighted by Crippen LogP contribution is 2.11. The van der Waals surface area contributed by atoms with Gasteiger partial charge in [0.15, 0.2) is 0 Å². The van der Waals surface area contributed by atoms with Crippen molar-refractivity contribution in [1.82, 2.24) is 14.5 Å². The number of carbonyl (C=O) groups is 1. The molecule has 0 bridgehead atoms. The number of hydrogen-bond donors (Lipinski definition) is 0. The third-order valence-corrected chi connectivity index (χ3v) is 2.55. The van der Waals surface area contributed by atoms with Gasteiger partial charge in [-0.3, -0.25) is 4.79 Å². The Kier molecular flexibility index (Phi) is 4.70. The predicted molar refractivity (Wildman–Crippen MR) is 64.2 cm³/mol. The van der Waals surface area contributed by atoms with Gasteiger partial charge in [-0.15, -0.1) is 0 Å². The van der Waals surface area contributed by atoms with E-state index in [1.54, 1.807) is 18.1 Å². The molecule has 0 atom stereocenters. The summed E-state index contributed by atoms with van der Waals surface area (Å²) in [6.07, 6.45) is 3.88. The third kappa shape index (κ3) is 3.59. The lowest BCUT2D eigenvalue weighted by molar-refractivity contribution is -0.130. The van der Waals surface area contributed by atoms with Crippen LogP contribution in [-0.2, 0) is 11.3 Å². The topological polar surface area (TPSA) is 61.9 Å². The van der Waals surface area contributed by atoms with Crippen molar-refractivity contribution in [3.63, 3.8) is 0 Å². The van der Waals surface area contributed by atoms with Crippen LogP contribution in [0.3, 0.4) is 0 Å². The molecule has 0 saturated carbocycles. The maximum Gasteiger partial charge on any atom is 0.242 e. The summed E-state index contributed by atoms with van der Waals surface area (Å²) in [5, 5.41) is 8.47. The highest BCUT2D eigenvalue weighted by atomic mass is 16.2. The second-order valence-corrected chi connectivity index (χ2v) is 4.29. The van der Waals surface area contributed by atoms with Crippen molar-refractivity contribution in [3.05, 3.63) is 18.2 Å². The van der Waals surface area contributed by atoms with Gasteiger partial charge in [0.05, 0.1) is 12.5 Å². The Balaban J connectivity index is 2.62. The van der Waals surface area contributed by atoms with Gasteiger partial charge in [-0.1, -0.05) is 13.8 Å². The van der Waals surface area contributed by atoms with Crippen molar-refractivity contribution >= 4 is 5.91 Å². The molecule has 0 aliphatic heterocycles. The molecule has 0 spiro atoms. The highest BCUT2D eigenvalue weighted by Gasteiger charge is 2.13. The van der Waals surface area contributed by atoms with Gasteiger partial charge >= 0.3 is 0 Å². The molecule has 5 heteroatoms. The van der Waals surface area contributed by atoms with E-state index in [-0.39, 0.29) is 12.5 Å². The van der Waals surface area contributed by atoms with Crippen LogP contribution in [0, 0.1) is 11.3 Å². The largest absolute Gasteiger partial charge is 0.343 e. The fraction of sp³-hybridized carbons (Fsp3) is 0.583. The number of amides is 1. The van der Waals surface area contributed by atoms with Gasteiger partial charge in [0.25, 0.3) is 0 Å². The standard InChI is InChI=1S/C12H18N4O/c1-10(2)12-14-6-8-16(12)9-11(17)15(3)7-4-5-13/h6,8,10H,4,7,9H2,1-3H3. The van der Waals surface area contributed by atoms with Gasteiger partial charge in [0.1, 0.15) is 12.4 Å². The summed E-state index contributed by atoms with van der Waals surface area (Å²) < 4.78 is 1.86. The molecule has 0 aliphatic carbocycles. The average Bonchev–Trinajstić information content (AvgIpc) is 2.73. The molecule has 0 N–H and O–H groups in total. The van der Waals surface area contributed by atoms with Crippen molar-refractivity contribution < 1.29 is 4.79 Å². The average molecular weight is 234 g/mol. The van der Waals surface area contributed by atoms with Crippen LogP contribution >= 0.6 is 0 Å². The molecule has 1 aromatic heterocycles. The first-order valence-electron chi connectivity index (χ1n) is 5.68. The minimum atomic E-state index is 0.000139. The summed E-state index contributed by atoms with van der Waals surface area (Å²) in [5.74, 6) is 1.20. The molecule has 17 heavy (non-hydrogen) atoms. The lowest BCUT2D eigenvalue weighted by Gasteiger charge is -2.17. The number of aromatic nitrogens is 2. The molecule has 1 heterocycles. The number of carbonyl (C=O) groups excluding carboxylic acids is 1. The van der Waals surface area contributed by atoms with Crippen LogP contribution in [0.4, 0.5) is 0 Å². The first-order valence-corrected chi connectivity index (χ1v) is 5.68. The van der Waals surface area contributed by atoms with Crippen molar-refractivity contribution in [2.24, 2.45) is 0 Å². The van der Waals surface area contributed by atoms with Crippen LogP contribution in [0.15, 0.2) is 12.4 Å². The van der Waals surface area contributed by atoms with Crippen LogP contribution in [0.1, 0.15) is 32.0 Å². The molecule has 0 aliphatic rings. The number of nitrogens with zero attached hydrogens (tertiary/aromatic N) is 4. The molecule has 0 aromatic carbocycles. The smallest absolute Gasteiger partial charge is 0.242 e. The lowest BCUT2D eigenvalue weighted by atomic mass is 10.2. The minimum Gasteiger partial charge on any atom is -0.343 e. The molecule has 5 nitrogen and oxygen atoms in total. The molecule has 92 valence electrons. The third-order valence-electron chi connectivity index (χ3n) is 2.55. The zero-order chi connectivity index (χ0) is 12.8. The van der Waals surface area contributed by atoms with E-state index in [4.69, 9.17) is 5.26 Å². The normalized spacial score (nSPS) is 10.3. The van der Waals surface area contributed by atoms with E-state index >= 15 is 0 Å². The second kappa shape index (κ2) is 6.04. The zero-order valence-electron chi connectivity index (χ0n) is 10.6. The molecule has 1 amide bonds. The Morgan fingerprint density at radius 3 is 2.94 bits per heavy atom. The molecule has 0 fully saturated rings. The maximum atomic E-state index is 11.9. The summed E-state index contributed by atoms with van der Waals surface area (Å²) in [5.41, 5.74) is 0. The molecule has 0 saturated heterocycles. The molecule has 0 unspecified atom stereocenters. The van der Waals surface area contributed by atoms with E-state index in [1.807, 2.05) is 30.7 Å². The first kappa shape index (κ1) is 13.2. The van der Waals surface area contributed by atoms with Crippen LogP contribution in [0.2, 0.25) is 0 Å². The Hall–Kier alpha value is -1.83. The Morgan fingerprint density at radius 2 is 2.35 bits per heavy atom. The zero-order valence-corrected chi connectivity index (χ0v) is 10.6. The SMILES string of the molecule is CC(C)c1nccn1CC(=O)N(C)CCC#N. The van der Waals surface area contributed by atoms with Crippen molar-refractivity contribution in [1.29, 1.82) is 5.26 Å². The van der Waals surface area contributed by atoms with E-state index in [0.717, 1.165) is 5.82 Å². The van der Waals surface area contributed by atoms with Crippen LogP contribution in [0.5, 0.6) is 0 Å². The Morgan fingerprint density at radius 1 is 1.65 bits per heavy atom. The number of nitriles is 1. The molecule has 1 aromatic rings. The lowest BCUT2D eigenvalue weighted by Crippen LogP contribution is -2.31. The molecular formula is C12H18N4O. The number of imidazole rings is 1.